The third-order valence-corrected chi connectivity index (χ3v) is 4.72. The van der Waals surface area contributed by atoms with Gasteiger partial charge in [0.25, 0.3) is 0 Å². The summed E-state index contributed by atoms with van der Waals surface area (Å²) in [6, 6.07) is 16.5. The molecular formula is C19H21ClN2O. The van der Waals surface area contributed by atoms with Crippen LogP contribution in [-0.2, 0) is 11.3 Å². The Bertz CT molecular complexity index is 693. The number of amides is 1. The molecule has 4 heteroatoms. The lowest BCUT2D eigenvalue weighted by Gasteiger charge is -2.30. The molecule has 3 nitrogen and oxygen atoms in total. The van der Waals surface area contributed by atoms with Crippen molar-refractivity contribution in [3.05, 3.63) is 59.1 Å². The average molecular weight is 329 g/mol. The highest BCUT2D eigenvalue weighted by atomic mass is 35.5. The summed E-state index contributed by atoms with van der Waals surface area (Å²) in [5.74, 6) is -0.114. The van der Waals surface area contributed by atoms with Gasteiger partial charge in [-0.25, -0.2) is 0 Å². The lowest BCUT2D eigenvalue weighted by atomic mass is 9.95. The number of carbonyl (C=O) groups excluding carboxylic acids is 1. The Hall–Kier alpha value is -1.84. The second-order valence-corrected chi connectivity index (χ2v) is 6.60. The third kappa shape index (κ3) is 4.12. The number of hydrogen-bond acceptors (Lipinski definition) is 2. The Morgan fingerprint density at radius 3 is 2.39 bits per heavy atom. The molecule has 2 N–H and O–H groups in total. The van der Waals surface area contributed by atoms with Gasteiger partial charge in [-0.3, -0.25) is 9.69 Å². The molecule has 2 aromatic rings. The molecule has 0 aliphatic carbocycles. The lowest BCUT2D eigenvalue weighted by Crippen LogP contribution is -2.38. The molecule has 1 saturated heterocycles. The molecule has 1 aliphatic rings. The number of rotatable bonds is 4. The van der Waals surface area contributed by atoms with Crippen molar-refractivity contribution >= 4 is 17.5 Å². The monoisotopic (exact) mass is 328 g/mol. The standard InChI is InChI=1S/C19H21ClN2O/c20-18-6-2-5-17(12-18)16-4-1-3-14(11-16)13-22-9-7-15(8-10-22)19(21)23/h1-6,11-12,15H,7-10,13H2,(H2,21,23). The SMILES string of the molecule is NC(=O)C1CCN(Cc2cccc(-c3cccc(Cl)c3)c2)CC1. The highest BCUT2D eigenvalue weighted by Gasteiger charge is 2.22. The summed E-state index contributed by atoms with van der Waals surface area (Å²) in [5, 5.41) is 0.751. The molecule has 3 rings (SSSR count). The van der Waals surface area contributed by atoms with Crippen LogP contribution in [0, 0.1) is 5.92 Å². The van der Waals surface area contributed by atoms with E-state index in [2.05, 4.69) is 35.2 Å². The van der Waals surface area contributed by atoms with E-state index in [1.165, 1.54) is 11.1 Å². The first-order chi connectivity index (χ1) is 11.1. The Morgan fingerprint density at radius 1 is 1.09 bits per heavy atom. The van der Waals surface area contributed by atoms with Crippen LogP contribution in [-0.4, -0.2) is 23.9 Å². The molecular weight excluding hydrogens is 308 g/mol. The Labute approximate surface area is 142 Å². The molecule has 120 valence electrons. The van der Waals surface area contributed by atoms with Crippen LogP contribution in [0.3, 0.4) is 0 Å². The molecule has 0 unspecified atom stereocenters. The lowest BCUT2D eigenvalue weighted by molar-refractivity contribution is -0.123. The zero-order valence-electron chi connectivity index (χ0n) is 13.0. The molecule has 2 aromatic carbocycles. The van der Waals surface area contributed by atoms with Gasteiger partial charge in [-0.15, -0.1) is 0 Å². The zero-order valence-corrected chi connectivity index (χ0v) is 13.8. The van der Waals surface area contributed by atoms with Crippen LogP contribution in [0.25, 0.3) is 11.1 Å². The minimum absolute atomic E-state index is 0.0454. The minimum atomic E-state index is -0.160. The quantitative estimate of drug-likeness (QED) is 0.930. The summed E-state index contributed by atoms with van der Waals surface area (Å²) < 4.78 is 0. The summed E-state index contributed by atoms with van der Waals surface area (Å²) in [4.78, 5) is 13.6. The van der Waals surface area contributed by atoms with Crippen LogP contribution < -0.4 is 5.73 Å². The van der Waals surface area contributed by atoms with Gasteiger partial charge in [-0.05, 0) is 60.8 Å². The van der Waals surface area contributed by atoms with Gasteiger partial charge in [0.2, 0.25) is 5.91 Å². The van der Waals surface area contributed by atoms with Crippen molar-refractivity contribution in [1.82, 2.24) is 4.90 Å². The third-order valence-electron chi connectivity index (χ3n) is 4.48. The summed E-state index contributed by atoms with van der Waals surface area (Å²) in [5.41, 5.74) is 8.98. The molecule has 0 radical (unpaired) electrons. The molecule has 23 heavy (non-hydrogen) atoms. The van der Waals surface area contributed by atoms with Crippen LogP contribution >= 0.6 is 11.6 Å². The number of likely N-dealkylation sites (tertiary alicyclic amines) is 1. The number of nitrogens with two attached hydrogens (primary N) is 1. The highest BCUT2D eigenvalue weighted by molar-refractivity contribution is 6.30. The van der Waals surface area contributed by atoms with E-state index in [1.807, 2.05) is 18.2 Å². The van der Waals surface area contributed by atoms with Crippen LogP contribution in [0.15, 0.2) is 48.5 Å². The number of piperidine rings is 1. The van der Waals surface area contributed by atoms with Crippen molar-refractivity contribution in [3.63, 3.8) is 0 Å². The van der Waals surface area contributed by atoms with Gasteiger partial charge in [-0.1, -0.05) is 41.9 Å². The molecule has 1 heterocycles. The van der Waals surface area contributed by atoms with Crippen molar-refractivity contribution in [1.29, 1.82) is 0 Å². The van der Waals surface area contributed by atoms with E-state index in [9.17, 15) is 4.79 Å². The molecule has 1 amide bonds. The Morgan fingerprint density at radius 2 is 1.74 bits per heavy atom. The maximum atomic E-state index is 11.2. The topological polar surface area (TPSA) is 46.3 Å². The van der Waals surface area contributed by atoms with Gasteiger partial charge in [-0.2, -0.15) is 0 Å². The second kappa shape index (κ2) is 7.16. The fraction of sp³-hybridized carbons (Fsp3) is 0.316. The largest absolute Gasteiger partial charge is 0.369 e. The number of nitrogens with zero attached hydrogens (tertiary/aromatic N) is 1. The summed E-state index contributed by atoms with van der Waals surface area (Å²) in [6.07, 6.45) is 1.73. The molecule has 0 bridgehead atoms. The average Bonchev–Trinajstić information content (AvgIpc) is 2.56. The Balaban J connectivity index is 1.68. The second-order valence-electron chi connectivity index (χ2n) is 6.16. The molecule has 0 saturated carbocycles. The summed E-state index contributed by atoms with van der Waals surface area (Å²) in [7, 11) is 0. The van der Waals surface area contributed by atoms with Crippen LogP contribution in [0.5, 0.6) is 0 Å². The van der Waals surface area contributed by atoms with Gasteiger partial charge >= 0.3 is 0 Å². The Kier molecular flexibility index (Phi) is 4.99. The molecule has 0 spiro atoms. The molecule has 1 fully saturated rings. The number of hydrogen-bond donors (Lipinski definition) is 1. The predicted molar refractivity (Wildman–Crippen MR) is 94.1 cm³/mol. The van der Waals surface area contributed by atoms with Crippen molar-refractivity contribution in [2.24, 2.45) is 11.7 Å². The van der Waals surface area contributed by atoms with Crippen molar-refractivity contribution in [3.8, 4) is 11.1 Å². The van der Waals surface area contributed by atoms with Crippen LogP contribution in [0.4, 0.5) is 0 Å². The van der Waals surface area contributed by atoms with E-state index in [0.29, 0.717) is 0 Å². The van der Waals surface area contributed by atoms with E-state index in [-0.39, 0.29) is 11.8 Å². The first kappa shape index (κ1) is 16.0. The fourth-order valence-electron chi connectivity index (χ4n) is 3.15. The van der Waals surface area contributed by atoms with Crippen molar-refractivity contribution in [2.75, 3.05) is 13.1 Å². The van der Waals surface area contributed by atoms with E-state index in [1.54, 1.807) is 0 Å². The van der Waals surface area contributed by atoms with Gasteiger partial charge in [0, 0.05) is 17.5 Å². The maximum Gasteiger partial charge on any atom is 0.220 e. The van der Waals surface area contributed by atoms with Crippen LogP contribution in [0.1, 0.15) is 18.4 Å². The van der Waals surface area contributed by atoms with E-state index < -0.39 is 0 Å². The summed E-state index contributed by atoms with van der Waals surface area (Å²) >= 11 is 6.08. The number of benzene rings is 2. The number of primary amides is 1. The smallest absolute Gasteiger partial charge is 0.220 e. The summed E-state index contributed by atoms with van der Waals surface area (Å²) in [6.45, 7) is 2.75. The first-order valence-electron chi connectivity index (χ1n) is 7.98. The number of carbonyl (C=O) groups is 1. The van der Waals surface area contributed by atoms with Crippen LogP contribution in [0.2, 0.25) is 5.02 Å². The first-order valence-corrected chi connectivity index (χ1v) is 8.36. The van der Waals surface area contributed by atoms with E-state index in [0.717, 1.165) is 43.1 Å². The van der Waals surface area contributed by atoms with Gasteiger partial charge in [0.15, 0.2) is 0 Å². The molecule has 0 aromatic heterocycles. The minimum Gasteiger partial charge on any atom is -0.369 e. The van der Waals surface area contributed by atoms with Crippen molar-refractivity contribution in [2.45, 2.75) is 19.4 Å². The maximum absolute atomic E-state index is 11.2. The number of halogens is 1. The zero-order chi connectivity index (χ0) is 16.2. The van der Waals surface area contributed by atoms with E-state index >= 15 is 0 Å². The molecule has 0 atom stereocenters. The van der Waals surface area contributed by atoms with Gasteiger partial charge < -0.3 is 5.73 Å². The predicted octanol–water partition coefficient (Wildman–Crippen LogP) is 3.70. The van der Waals surface area contributed by atoms with Gasteiger partial charge in [0.1, 0.15) is 0 Å². The normalized spacial score (nSPS) is 16.4. The highest BCUT2D eigenvalue weighted by Crippen LogP contribution is 2.25. The fourth-order valence-corrected chi connectivity index (χ4v) is 3.34. The van der Waals surface area contributed by atoms with Crippen molar-refractivity contribution < 1.29 is 4.79 Å². The molecule has 1 aliphatic heterocycles. The van der Waals surface area contributed by atoms with Gasteiger partial charge in [0.05, 0.1) is 0 Å². The van der Waals surface area contributed by atoms with E-state index in [4.69, 9.17) is 17.3 Å².